The Morgan fingerprint density at radius 3 is 2.81 bits per heavy atom. The summed E-state index contributed by atoms with van der Waals surface area (Å²) >= 11 is 3.20. The van der Waals surface area contributed by atoms with E-state index in [0.717, 1.165) is 0 Å². The molecular formula is C13H13BrFN3O3. The number of methoxy groups -OCH3 is 2. The molecule has 0 aliphatic carbocycles. The van der Waals surface area contributed by atoms with Gasteiger partial charge in [-0.25, -0.2) is 13.9 Å². The zero-order chi connectivity index (χ0) is 15.4. The van der Waals surface area contributed by atoms with Crippen LogP contribution in [0.3, 0.4) is 0 Å². The fourth-order valence-electron chi connectivity index (χ4n) is 1.81. The first-order valence-electron chi connectivity index (χ1n) is 6.00. The van der Waals surface area contributed by atoms with Crippen LogP contribution in [0.5, 0.6) is 0 Å². The van der Waals surface area contributed by atoms with E-state index >= 15 is 0 Å². The van der Waals surface area contributed by atoms with Gasteiger partial charge in [0, 0.05) is 17.1 Å². The number of rotatable bonds is 5. The van der Waals surface area contributed by atoms with Gasteiger partial charge in [0.15, 0.2) is 5.69 Å². The largest absolute Gasteiger partial charge is 0.464 e. The van der Waals surface area contributed by atoms with Crippen LogP contribution < -0.4 is 0 Å². The smallest absolute Gasteiger partial charge is 0.360 e. The molecule has 0 saturated heterocycles. The summed E-state index contributed by atoms with van der Waals surface area (Å²) in [5.74, 6) is -0.979. The Bertz CT molecular complexity index is 660. The highest BCUT2D eigenvalue weighted by atomic mass is 79.9. The van der Waals surface area contributed by atoms with Crippen molar-refractivity contribution in [1.82, 2.24) is 15.0 Å². The van der Waals surface area contributed by atoms with Crippen LogP contribution in [0.1, 0.15) is 21.7 Å². The molecule has 2 aromatic rings. The molecule has 0 saturated carbocycles. The molecule has 1 aromatic carbocycles. The van der Waals surface area contributed by atoms with Crippen LogP contribution in [-0.2, 0) is 22.6 Å². The van der Waals surface area contributed by atoms with Crippen molar-refractivity contribution in [3.05, 3.63) is 45.4 Å². The van der Waals surface area contributed by atoms with Gasteiger partial charge in [-0.05, 0) is 12.1 Å². The number of hydrogen-bond acceptors (Lipinski definition) is 5. The van der Waals surface area contributed by atoms with Gasteiger partial charge in [-0.3, -0.25) is 0 Å². The van der Waals surface area contributed by atoms with Gasteiger partial charge < -0.3 is 9.47 Å². The molecule has 0 unspecified atom stereocenters. The number of aromatic nitrogens is 3. The third kappa shape index (κ3) is 3.45. The highest BCUT2D eigenvalue weighted by molar-refractivity contribution is 9.10. The van der Waals surface area contributed by atoms with Crippen LogP contribution in [0.4, 0.5) is 4.39 Å². The fraction of sp³-hybridized carbons (Fsp3) is 0.308. The highest BCUT2D eigenvalue weighted by Gasteiger charge is 2.20. The van der Waals surface area contributed by atoms with Crippen LogP contribution >= 0.6 is 15.9 Å². The summed E-state index contributed by atoms with van der Waals surface area (Å²) in [4.78, 5) is 11.6. The first kappa shape index (κ1) is 15.6. The number of halogens is 2. The molecule has 6 nitrogen and oxygen atoms in total. The topological polar surface area (TPSA) is 66.2 Å². The van der Waals surface area contributed by atoms with Crippen molar-refractivity contribution in [2.45, 2.75) is 13.2 Å². The van der Waals surface area contributed by atoms with E-state index in [0.29, 0.717) is 15.7 Å². The van der Waals surface area contributed by atoms with E-state index < -0.39 is 5.97 Å². The van der Waals surface area contributed by atoms with Crippen molar-refractivity contribution in [3.8, 4) is 0 Å². The van der Waals surface area contributed by atoms with E-state index in [1.807, 2.05) is 0 Å². The molecular weight excluding hydrogens is 345 g/mol. The van der Waals surface area contributed by atoms with Gasteiger partial charge in [0.05, 0.1) is 26.0 Å². The molecule has 112 valence electrons. The third-order valence-electron chi connectivity index (χ3n) is 2.83. The summed E-state index contributed by atoms with van der Waals surface area (Å²) < 4.78 is 25.6. The second kappa shape index (κ2) is 6.77. The molecule has 0 amide bonds. The molecule has 0 bridgehead atoms. The molecule has 21 heavy (non-hydrogen) atoms. The van der Waals surface area contributed by atoms with Gasteiger partial charge in [-0.2, -0.15) is 0 Å². The molecule has 0 atom stereocenters. The van der Waals surface area contributed by atoms with Crippen LogP contribution in [0, 0.1) is 5.82 Å². The quantitative estimate of drug-likeness (QED) is 0.767. The number of esters is 1. The Morgan fingerprint density at radius 1 is 1.43 bits per heavy atom. The van der Waals surface area contributed by atoms with E-state index in [2.05, 4.69) is 31.0 Å². The van der Waals surface area contributed by atoms with E-state index in [4.69, 9.17) is 4.74 Å². The molecule has 2 rings (SSSR count). The summed E-state index contributed by atoms with van der Waals surface area (Å²) in [5.41, 5.74) is 0.931. The summed E-state index contributed by atoms with van der Waals surface area (Å²) in [6.07, 6.45) is 0. The Balaban J connectivity index is 2.35. The maximum absolute atomic E-state index is 13.9. The minimum absolute atomic E-state index is 0.0665. The molecule has 0 aliphatic heterocycles. The average Bonchev–Trinajstić information content (AvgIpc) is 2.84. The predicted molar refractivity (Wildman–Crippen MR) is 75.3 cm³/mol. The summed E-state index contributed by atoms with van der Waals surface area (Å²) in [6, 6.07) is 4.73. The summed E-state index contributed by atoms with van der Waals surface area (Å²) in [6.45, 7) is 0.261. The number of hydrogen-bond donors (Lipinski definition) is 0. The lowest BCUT2D eigenvalue weighted by molar-refractivity contribution is 0.0588. The monoisotopic (exact) mass is 357 g/mol. The Morgan fingerprint density at radius 2 is 2.19 bits per heavy atom. The number of ether oxygens (including phenoxy) is 2. The predicted octanol–water partition coefficient (Wildman–Crippen LogP) is 2.16. The second-order valence-corrected chi connectivity index (χ2v) is 5.12. The molecule has 1 heterocycles. The molecule has 0 spiro atoms. The van der Waals surface area contributed by atoms with Crippen molar-refractivity contribution in [3.63, 3.8) is 0 Å². The minimum atomic E-state index is -0.607. The van der Waals surface area contributed by atoms with Crippen molar-refractivity contribution in [2.24, 2.45) is 0 Å². The van der Waals surface area contributed by atoms with Crippen molar-refractivity contribution >= 4 is 21.9 Å². The molecule has 8 heteroatoms. The molecule has 0 fully saturated rings. The number of benzene rings is 1. The standard InChI is InChI=1S/C13H13BrFN3O3/c1-20-7-11-12(13(19)21-2)16-17-18(11)6-8-3-4-9(14)5-10(8)15/h3-5H,6-7H2,1-2H3. The van der Waals surface area contributed by atoms with Gasteiger partial charge in [0.2, 0.25) is 0 Å². The zero-order valence-corrected chi connectivity index (χ0v) is 13.1. The van der Waals surface area contributed by atoms with E-state index in [9.17, 15) is 9.18 Å². The average molecular weight is 358 g/mol. The van der Waals surface area contributed by atoms with Crippen LogP contribution in [-0.4, -0.2) is 35.2 Å². The van der Waals surface area contributed by atoms with Crippen LogP contribution in [0.25, 0.3) is 0 Å². The van der Waals surface area contributed by atoms with Gasteiger partial charge in [0.25, 0.3) is 0 Å². The van der Waals surface area contributed by atoms with E-state index in [-0.39, 0.29) is 24.7 Å². The van der Waals surface area contributed by atoms with Crippen molar-refractivity contribution < 1.29 is 18.7 Å². The van der Waals surface area contributed by atoms with Gasteiger partial charge in [-0.1, -0.05) is 27.2 Å². The lowest BCUT2D eigenvalue weighted by Gasteiger charge is -2.08. The number of nitrogens with zero attached hydrogens (tertiary/aromatic N) is 3. The lowest BCUT2D eigenvalue weighted by atomic mass is 10.2. The molecule has 1 aromatic heterocycles. The lowest BCUT2D eigenvalue weighted by Crippen LogP contribution is -2.12. The first-order valence-corrected chi connectivity index (χ1v) is 6.79. The SMILES string of the molecule is COCc1c(C(=O)OC)nnn1Cc1ccc(Br)cc1F. The Hall–Kier alpha value is -1.80. The second-order valence-electron chi connectivity index (χ2n) is 4.20. The van der Waals surface area contributed by atoms with Gasteiger partial charge in [-0.15, -0.1) is 5.10 Å². The van der Waals surface area contributed by atoms with Crippen LogP contribution in [0.2, 0.25) is 0 Å². The highest BCUT2D eigenvalue weighted by Crippen LogP contribution is 2.17. The normalized spacial score (nSPS) is 10.7. The van der Waals surface area contributed by atoms with Crippen molar-refractivity contribution in [1.29, 1.82) is 0 Å². The Kier molecular flexibility index (Phi) is 5.03. The third-order valence-corrected chi connectivity index (χ3v) is 3.33. The van der Waals surface area contributed by atoms with Gasteiger partial charge in [0.1, 0.15) is 5.82 Å². The minimum Gasteiger partial charge on any atom is -0.464 e. The maximum atomic E-state index is 13.9. The van der Waals surface area contributed by atoms with Gasteiger partial charge >= 0.3 is 5.97 Å². The first-order chi connectivity index (χ1) is 10.1. The maximum Gasteiger partial charge on any atom is 0.360 e. The van der Waals surface area contributed by atoms with Crippen molar-refractivity contribution in [2.75, 3.05) is 14.2 Å². The summed E-state index contributed by atoms with van der Waals surface area (Å²) in [5, 5.41) is 7.65. The number of carbonyl (C=O) groups is 1. The fourth-order valence-corrected chi connectivity index (χ4v) is 2.14. The molecule has 0 N–H and O–H groups in total. The number of carbonyl (C=O) groups excluding carboxylic acids is 1. The molecule has 0 radical (unpaired) electrons. The van der Waals surface area contributed by atoms with E-state index in [1.165, 1.54) is 25.0 Å². The zero-order valence-electron chi connectivity index (χ0n) is 11.5. The van der Waals surface area contributed by atoms with Crippen LogP contribution in [0.15, 0.2) is 22.7 Å². The van der Waals surface area contributed by atoms with E-state index in [1.54, 1.807) is 12.1 Å². The summed E-state index contributed by atoms with van der Waals surface area (Å²) in [7, 11) is 2.74. The molecule has 0 aliphatic rings. The Labute approximate surface area is 129 Å².